The number of ether oxygens (including phenoxy) is 1. The van der Waals surface area contributed by atoms with Crippen LogP contribution in [0.4, 0.5) is 5.13 Å². The van der Waals surface area contributed by atoms with Crippen molar-refractivity contribution >= 4 is 33.7 Å². The minimum Gasteiger partial charge on any atom is -0.496 e. The van der Waals surface area contributed by atoms with E-state index in [2.05, 4.69) is 11.1 Å². The van der Waals surface area contributed by atoms with Crippen molar-refractivity contribution in [1.82, 2.24) is 9.97 Å². The van der Waals surface area contributed by atoms with Gasteiger partial charge in [0.15, 0.2) is 5.13 Å². The molecule has 0 radical (unpaired) electrons. The van der Waals surface area contributed by atoms with E-state index in [0.717, 1.165) is 39.0 Å². The number of carbonyl (C=O) groups excluding carboxylic acids is 1. The Morgan fingerprint density at radius 2 is 2.04 bits per heavy atom. The van der Waals surface area contributed by atoms with Crippen LogP contribution in [-0.4, -0.2) is 30.0 Å². The zero-order valence-electron chi connectivity index (χ0n) is 14.6. The number of carbonyl (C=O) groups is 1. The molecule has 0 saturated heterocycles. The maximum Gasteiger partial charge on any atom is 0.225 e. The van der Waals surface area contributed by atoms with Gasteiger partial charge in [-0.1, -0.05) is 29.5 Å². The number of aryl methyl sites for hydroxylation is 1. The molecule has 1 aromatic carbocycles. The van der Waals surface area contributed by atoms with Gasteiger partial charge in [-0.2, -0.15) is 0 Å². The molecule has 1 amide bonds. The molecule has 2 aromatic heterocycles. The van der Waals surface area contributed by atoms with Crippen molar-refractivity contribution in [2.24, 2.45) is 0 Å². The Morgan fingerprint density at radius 1 is 1.28 bits per heavy atom. The van der Waals surface area contributed by atoms with Crippen molar-refractivity contribution in [1.29, 1.82) is 0 Å². The molecule has 0 fully saturated rings. The van der Waals surface area contributed by atoms with E-state index in [1.807, 2.05) is 30.5 Å². The van der Waals surface area contributed by atoms with Crippen LogP contribution in [0, 0.1) is 6.92 Å². The molecule has 3 aromatic rings. The smallest absolute Gasteiger partial charge is 0.225 e. The van der Waals surface area contributed by atoms with Gasteiger partial charge >= 0.3 is 0 Å². The summed E-state index contributed by atoms with van der Waals surface area (Å²) in [6, 6.07) is 7.98. The van der Waals surface area contributed by atoms with Crippen molar-refractivity contribution in [3.8, 4) is 16.3 Å². The summed E-state index contributed by atoms with van der Waals surface area (Å²) in [6.07, 6.45) is 0.729. The van der Waals surface area contributed by atoms with Crippen molar-refractivity contribution in [2.45, 2.75) is 20.3 Å². The van der Waals surface area contributed by atoms with E-state index in [-0.39, 0.29) is 5.91 Å². The van der Waals surface area contributed by atoms with Gasteiger partial charge in [-0.05, 0) is 13.0 Å². The van der Waals surface area contributed by atoms with Crippen LogP contribution in [0.15, 0.2) is 29.6 Å². The molecule has 7 heteroatoms. The zero-order chi connectivity index (χ0) is 18.0. The molecular weight excluding hydrogens is 354 g/mol. The lowest BCUT2D eigenvalue weighted by molar-refractivity contribution is -0.116. The highest BCUT2D eigenvalue weighted by Crippen LogP contribution is 2.35. The molecule has 5 nitrogen and oxygen atoms in total. The Kier molecular flexibility index (Phi) is 5.15. The summed E-state index contributed by atoms with van der Waals surface area (Å²) in [5.74, 6) is 0.842. The van der Waals surface area contributed by atoms with Gasteiger partial charge < -0.3 is 4.74 Å². The molecule has 0 saturated carbocycles. The second kappa shape index (κ2) is 7.33. The number of hydrogen-bond acceptors (Lipinski definition) is 6. The lowest BCUT2D eigenvalue weighted by Gasteiger charge is -2.09. The zero-order valence-corrected chi connectivity index (χ0v) is 16.2. The number of hydrogen-bond donors (Lipinski definition) is 0. The Balaban J connectivity index is 1.86. The molecule has 130 valence electrons. The quantitative estimate of drug-likeness (QED) is 0.674. The summed E-state index contributed by atoms with van der Waals surface area (Å²) in [5.41, 5.74) is 2.92. The third-order valence-electron chi connectivity index (χ3n) is 3.86. The number of thiazole rings is 2. The van der Waals surface area contributed by atoms with Gasteiger partial charge in [0.1, 0.15) is 5.75 Å². The molecule has 0 N–H and O–H groups in total. The van der Waals surface area contributed by atoms with Crippen molar-refractivity contribution < 1.29 is 9.53 Å². The van der Waals surface area contributed by atoms with Crippen LogP contribution in [0.2, 0.25) is 0 Å². The average molecular weight is 374 g/mol. The minimum absolute atomic E-state index is 0.0320. The topological polar surface area (TPSA) is 55.3 Å². The number of methoxy groups -OCH3 is 1. The monoisotopic (exact) mass is 373 g/mol. The van der Waals surface area contributed by atoms with Gasteiger partial charge in [-0.3, -0.25) is 9.69 Å². The largest absolute Gasteiger partial charge is 0.496 e. The molecule has 2 heterocycles. The number of nitrogens with zero attached hydrogens (tertiary/aromatic N) is 3. The summed E-state index contributed by atoms with van der Waals surface area (Å²) in [7, 11) is 3.42. The van der Waals surface area contributed by atoms with Gasteiger partial charge in [0.05, 0.1) is 28.4 Å². The van der Waals surface area contributed by atoms with Gasteiger partial charge in [0, 0.05) is 31.3 Å². The van der Waals surface area contributed by atoms with Crippen molar-refractivity contribution in [2.75, 3.05) is 19.1 Å². The first-order valence-corrected chi connectivity index (χ1v) is 9.47. The van der Waals surface area contributed by atoms with Crippen LogP contribution < -0.4 is 9.64 Å². The second-order valence-electron chi connectivity index (χ2n) is 5.60. The number of para-hydroxylation sites is 1. The highest BCUT2D eigenvalue weighted by Gasteiger charge is 2.17. The summed E-state index contributed by atoms with van der Waals surface area (Å²) in [5, 5.41) is 3.76. The Labute approximate surface area is 154 Å². The summed E-state index contributed by atoms with van der Waals surface area (Å²) >= 11 is 3.11. The molecule has 0 atom stereocenters. The predicted molar refractivity (Wildman–Crippen MR) is 103 cm³/mol. The minimum atomic E-state index is -0.0320. The van der Waals surface area contributed by atoms with Crippen LogP contribution in [-0.2, 0) is 11.2 Å². The maximum absolute atomic E-state index is 11.5. The van der Waals surface area contributed by atoms with E-state index in [1.54, 1.807) is 30.4 Å². The fourth-order valence-electron chi connectivity index (χ4n) is 2.41. The SMILES string of the molecule is COc1ccccc1Cc1nc(-c2sc(N(C)C(C)=O)nc2C)cs1. The van der Waals surface area contributed by atoms with Crippen molar-refractivity contribution in [3.63, 3.8) is 0 Å². The summed E-state index contributed by atoms with van der Waals surface area (Å²) in [4.78, 5) is 23.4. The molecule has 0 unspecified atom stereocenters. The molecule has 0 aliphatic rings. The van der Waals surface area contributed by atoms with Crippen molar-refractivity contribution in [3.05, 3.63) is 45.9 Å². The number of aromatic nitrogens is 2. The predicted octanol–water partition coefficient (Wildman–Crippen LogP) is 4.16. The van der Waals surface area contributed by atoms with E-state index >= 15 is 0 Å². The van der Waals surface area contributed by atoms with Gasteiger partial charge in [0.25, 0.3) is 0 Å². The first-order valence-electron chi connectivity index (χ1n) is 7.78. The maximum atomic E-state index is 11.5. The lowest BCUT2D eigenvalue weighted by Crippen LogP contribution is -2.22. The van der Waals surface area contributed by atoms with E-state index < -0.39 is 0 Å². The second-order valence-corrected chi connectivity index (χ2v) is 7.52. The third-order valence-corrected chi connectivity index (χ3v) is 5.97. The molecule has 3 rings (SSSR count). The fourth-order valence-corrected chi connectivity index (χ4v) is 4.32. The molecule has 0 aliphatic heterocycles. The van der Waals surface area contributed by atoms with E-state index in [9.17, 15) is 4.79 Å². The molecular formula is C18H19N3O2S2. The van der Waals surface area contributed by atoms with Crippen LogP contribution in [0.3, 0.4) is 0 Å². The Morgan fingerprint density at radius 3 is 2.76 bits per heavy atom. The van der Waals surface area contributed by atoms with Gasteiger partial charge in [-0.25, -0.2) is 9.97 Å². The normalized spacial score (nSPS) is 10.7. The van der Waals surface area contributed by atoms with E-state index in [1.165, 1.54) is 18.3 Å². The molecule has 0 bridgehead atoms. The van der Waals surface area contributed by atoms with Gasteiger partial charge in [0.2, 0.25) is 5.91 Å². The molecule has 0 aliphatic carbocycles. The average Bonchev–Trinajstić information content (AvgIpc) is 3.21. The number of amides is 1. The van der Waals surface area contributed by atoms with Crippen LogP contribution in [0.1, 0.15) is 23.2 Å². The van der Waals surface area contributed by atoms with E-state index in [4.69, 9.17) is 9.72 Å². The summed E-state index contributed by atoms with van der Waals surface area (Å²) < 4.78 is 5.41. The van der Waals surface area contributed by atoms with Crippen LogP contribution >= 0.6 is 22.7 Å². The van der Waals surface area contributed by atoms with Gasteiger partial charge in [-0.15, -0.1) is 11.3 Å². The molecule has 0 spiro atoms. The lowest BCUT2D eigenvalue weighted by atomic mass is 10.1. The third kappa shape index (κ3) is 3.72. The first-order chi connectivity index (χ1) is 12.0. The first kappa shape index (κ1) is 17.6. The number of anilines is 1. The fraction of sp³-hybridized carbons (Fsp3) is 0.278. The Hall–Kier alpha value is -2.25. The highest BCUT2D eigenvalue weighted by atomic mass is 32.1. The Bertz CT molecular complexity index is 901. The number of rotatable bonds is 5. The van der Waals surface area contributed by atoms with Crippen LogP contribution in [0.25, 0.3) is 10.6 Å². The highest BCUT2D eigenvalue weighted by molar-refractivity contribution is 7.19. The number of benzene rings is 1. The van der Waals surface area contributed by atoms with Crippen LogP contribution in [0.5, 0.6) is 5.75 Å². The van der Waals surface area contributed by atoms with E-state index in [0.29, 0.717) is 5.13 Å². The molecule has 25 heavy (non-hydrogen) atoms. The standard InChI is InChI=1S/C18H19N3O2S2/c1-11-17(25-18(19-11)21(3)12(2)22)14-10-24-16(20-14)9-13-7-5-6-8-15(13)23-4/h5-8,10H,9H2,1-4H3. The summed E-state index contributed by atoms with van der Waals surface area (Å²) in [6.45, 7) is 3.48.